The summed E-state index contributed by atoms with van der Waals surface area (Å²) in [6, 6.07) is 5.52. The van der Waals surface area contributed by atoms with Crippen LogP contribution in [0.15, 0.2) is 18.2 Å². The summed E-state index contributed by atoms with van der Waals surface area (Å²) < 4.78 is 0. The number of phenolic OH excluding ortho intramolecular Hbond substituents is 1. The summed E-state index contributed by atoms with van der Waals surface area (Å²) in [4.78, 5) is 2.19. The quantitative estimate of drug-likeness (QED) is 0.651. The Morgan fingerprint density at radius 3 is 2.73 bits per heavy atom. The van der Waals surface area contributed by atoms with Crippen molar-refractivity contribution in [1.82, 2.24) is 5.32 Å². The van der Waals surface area contributed by atoms with Crippen molar-refractivity contribution >= 4 is 5.69 Å². The molecule has 1 saturated heterocycles. The van der Waals surface area contributed by atoms with E-state index in [1.807, 2.05) is 12.1 Å². The predicted octanol–water partition coefficient (Wildman–Crippen LogP) is 0.260. The van der Waals surface area contributed by atoms with Crippen molar-refractivity contribution in [2.24, 2.45) is 5.73 Å². The number of aromatic hydroxyl groups is 1. The van der Waals surface area contributed by atoms with Crippen LogP contribution in [0.3, 0.4) is 0 Å². The molecule has 2 rings (SSSR count). The second-order valence-corrected chi connectivity index (χ2v) is 3.73. The van der Waals surface area contributed by atoms with E-state index in [1.165, 1.54) is 0 Å². The van der Waals surface area contributed by atoms with E-state index in [4.69, 9.17) is 5.73 Å². The zero-order valence-corrected chi connectivity index (χ0v) is 8.74. The van der Waals surface area contributed by atoms with Gasteiger partial charge in [-0.05, 0) is 11.6 Å². The molecule has 0 radical (unpaired) electrons. The largest absolute Gasteiger partial charge is 0.506 e. The average molecular weight is 207 g/mol. The van der Waals surface area contributed by atoms with Gasteiger partial charge in [-0.3, -0.25) is 0 Å². The number of hydrogen-bond donors (Lipinski definition) is 3. The van der Waals surface area contributed by atoms with Crippen LogP contribution in [0.25, 0.3) is 0 Å². The van der Waals surface area contributed by atoms with Crippen molar-refractivity contribution in [2.45, 2.75) is 6.54 Å². The zero-order chi connectivity index (χ0) is 10.7. The van der Waals surface area contributed by atoms with Crippen molar-refractivity contribution in [2.75, 3.05) is 31.1 Å². The molecule has 0 aromatic heterocycles. The number of piperazine rings is 1. The van der Waals surface area contributed by atoms with Crippen molar-refractivity contribution in [1.29, 1.82) is 0 Å². The first-order valence-electron chi connectivity index (χ1n) is 5.29. The molecule has 0 atom stereocenters. The Morgan fingerprint density at radius 1 is 1.33 bits per heavy atom. The van der Waals surface area contributed by atoms with Crippen molar-refractivity contribution in [3.63, 3.8) is 0 Å². The lowest BCUT2D eigenvalue weighted by atomic mass is 10.1. The summed E-state index contributed by atoms with van der Waals surface area (Å²) in [7, 11) is 0. The van der Waals surface area contributed by atoms with E-state index in [2.05, 4.69) is 10.2 Å². The van der Waals surface area contributed by atoms with Gasteiger partial charge < -0.3 is 21.1 Å². The highest BCUT2D eigenvalue weighted by Gasteiger charge is 2.16. The van der Waals surface area contributed by atoms with E-state index in [-0.39, 0.29) is 0 Å². The van der Waals surface area contributed by atoms with E-state index < -0.39 is 0 Å². The molecule has 4 N–H and O–H groups in total. The lowest BCUT2D eigenvalue weighted by Gasteiger charge is -2.31. The van der Waals surface area contributed by atoms with Crippen LogP contribution in [-0.2, 0) is 6.54 Å². The van der Waals surface area contributed by atoms with E-state index in [0.29, 0.717) is 12.3 Å². The van der Waals surface area contributed by atoms with Gasteiger partial charge in [-0.2, -0.15) is 0 Å². The van der Waals surface area contributed by atoms with Gasteiger partial charge in [-0.1, -0.05) is 12.1 Å². The first kappa shape index (κ1) is 10.3. The zero-order valence-electron chi connectivity index (χ0n) is 8.74. The van der Waals surface area contributed by atoms with Crippen LogP contribution in [0.2, 0.25) is 0 Å². The Hall–Kier alpha value is -1.26. The summed E-state index contributed by atoms with van der Waals surface area (Å²) in [5.41, 5.74) is 7.59. The van der Waals surface area contributed by atoms with Gasteiger partial charge in [0, 0.05) is 32.7 Å². The molecular weight excluding hydrogens is 190 g/mol. The highest BCUT2D eigenvalue weighted by atomic mass is 16.3. The van der Waals surface area contributed by atoms with Crippen LogP contribution in [0.5, 0.6) is 5.75 Å². The number of nitrogens with two attached hydrogens (primary N) is 1. The van der Waals surface area contributed by atoms with Crippen molar-refractivity contribution in [3.8, 4) is 5.75 Å². The molecule has 4 heteroatoms. The van der Waals surface area contributed by atoms with Gasteiger partial charge in [0.25, 0.3) is 0 Å². The number of rotatable bonds is 2. The highest BCUT2D eigenvalue weighted by molar-refractivity contribution is 5.63. The number of anilines is 1. The highest BCUT2D eigenvalue weighted by Crippen LogP contribution is 2.31. The number of hydrogen-bond acceptors (Lipinski definition) is 4. The number of benzene rings is 1. The minimum Gasteiger partial charge on any atom is -0.506 e. The summed E-state index contributed by atoms with van der Waals surface area (Å²) in [6.07, 6.45) is 0. The maximum Gasteiger partial charge on any atom is 0.139 e. The van der Waals surface area contributed by atoms with Gasteiger partial charge in [0.05, 0.1) is 5.69 Å². The Balaban J connectivity index is 2.31. The summed E-state index contributed by atoms with van der Waals surface area (Å²) in [6.45, 7) is 4.22. The second-order valence-electron chi connectivity index (χ2n) is 3.73. The second kappa shape index (κ2) is 4.51. The van der Waals surface area contributed by atoms with Crippen LogP contribution < -0.4 is 16.0 Å². The molecule has 1 aromatic rings. The third-order valence-corrected chi connectivity index (χ3v) is 2.75. The number of phenols is 1. The molecule has 0 bridgehead atoms. The molecule has 0 amide bonds. The van der Waals surface area contributed by atoms with Gasteiger partial charge in [-0.25, -0.2) is 0 Å². The molecule has 4 nitrogen and oxygen atoms in total. The smallest absolute Gasteiger partial charge is 0.139 e. The predicted molar refractivity (Wildman–Crippen MR) is 61.1 cm³/mol. The summed E-state index contributed by atoms with van der Waals surface area (Å²) in [5, 5.41) is 13.1. The van der Waals surface area contributed by atoms with Crippen LogP contribution in [0.4, 0.5) is 5.69 Å². The molecule has 0 aliphatic carbocycles. The molecule has 1 aliphatic rings. The van der Waals surface area contributed by atoms with E-state index in [9.17, 15) is 5.11 Å². The fraction of sp³-hybridized carbons (Fsp3) is 0.455. The van der Waals surface area contributed by atoms with Gasteiger partial charge in [0.1, 0.15) is 5.75 Å². The van der Waals surface area contributed by atoms with E-state index in [0.717, 1.165) is 37.4 Å². The maximum absolute atomic E-state index is 9.86. The lowest BCUT2D eigenvalue weighted by Crippen LogP contribution is -2.44. The van der Waals surface area contributed by atoms with Crippen molar-refractivity contribution in [3.05, 3.63) is 23.8 Å². The Morgan fingerprint density at radius 2 is 2.07 bits per heavy atom. The minimum atomic E-state index is 0.333. The first-order valence-corrected chi connectivity index (χ1v) is 5.29. The molecule has 1 fully saturated rings. The topological polar surface area (TPSA) is 61.5 Å². The molecule has 82 valence electrons. The summed E-state index contributed by atoms with van der Waals surface area (Å²) in [5.74, 6) is 0.333. The fourth-order valence-corrected chi connectivity index (χ4v) is 2.00. The van der Waals surface area contributed by atoms with E-state index >= 15 is 0 Å². The molecule has 0 unspecified atom stereocenters. The van der Waals surface area contributed by atoms with Crippen LogP contribution >= 0.6 is 0 Å². The molecule has 1 aliphatic heterocycles. The van der Waals surface area contributed by atoms with E-state index in [1.54, 1.807) is 6.07 Å². The lowest BCUT2D eigenvalue weighted by molar-refractivity contribution is 0.469. The van der Waals surface area contributed by atoms with Gasteiger partial charge in [0.15, 0.2) is 0 Å². The molecule has 0 spiro atoms. The third-order valence-electron chi connectivity index (χ3n) is 2.75. The molecule has 15 heavy (non-hydrogen) atoms. The SMILES string of the molecule is NCc1cccc(O)c1N1CCNCC1. The maximum atomic E-state index is 9.86. The Kier molecular flexibility index (Phi) is 3.08. The third kappa shape index (κ3) is 2.06. The molecule has 1 aromatic carbocycles. The fourth-order valence-electron chi connectivity index (χ4n) is 2.00. The molecule has 1 heterocycles. The van der Waals surface area contributed by atoms with Crippen LogP contribution in [0.1, 0.15) is 5.56 Å². The minimum absolute atomic E-state index is 0.333. The number of para-hydroxylation sites is 1. The number of nitrogens with zero attached hydrogens (tertiary/aromatic N) is 1. The van der Waals surface area contributed by atoms with Crippen molar-refractivity contribution < 1.29 is 5.11 Å². The normalized spacial score (nSPS) is 16.7. The Labute approximate surface area is 89.7 Å². The molecule has 0 saturated carbocycles. The number of nitrogens with one attached hydrogen (secondary N) is 1. The first-order chi connectivity index (χ1) is 7.33. The van der Waals surface area contributed by atoms with Gasteiger partial charge in [-0.15, -0.1) is 0 Å². The van der Waals surface area contributed by atoms with Crippen LogP contribution in [0, 0.1) is 0 Å². The molecular formula is C11H17N3O. The monoisotopic (exact) mass is 207 g/mol. The Bertz CT molecular complexity index is 335. The average Bonchev–Trinajstić information content (AvgIpc) is 2.29. The van der Waals surface area contributed by atoms with Gasteiger partial charge >= 0.3 is 0 Å². The van der Waals surface area contributed by atoms with Crippen LogP contribution in [-0.4, -0.2) is 31.3 Å². The standard InChI is InChI=1S/C11H17N3O/c12-8-9-2-1-3-10(15)11(9)14-6-4-13-5-7-14/h1-3,13,15H,4-8,12H2. The summed E-state index contributed by atoms with van der Waals surface area (Å²) >= 11 is 0. The van der Waals surface area contributed by atoms with Gasteiger partial charge in [0.2, 0.25) is 0 Å².